The molecule has 1 saturated heterocycles. The molecule has 2 aliphatic heterocycles. The van der Waals surface area contributed by atoms with Crippen molar-refractivity contribution < 1.29 is 32.4 Å². The summed E-state index contributed by atoms with van der Waals surface area (Å²) in [5.41, 5.74) is -1.62. The van der Waals surface area contributed by atoms with Crippen LogP contribution in [0.15, 0.2) is 18.2 Å². The van der Waals surface area contributed by atoms with Crippen LogP contribution in [-0.2, 0) is 40.1 Å². The normalized spacial score (nSPS) is 16.7. The molecule has 0 atom stereocenters. The number of nitro groups is 1. The molecule has 38 heavy (non-hydrogen) atoms. The summed E-state index contributed by atoms with van der Waals surface area (Å²) in [6, 6.07) is 2.41. The number of ether oxygens (including phenoxy) is 2. The number of carbonyl (C=O) groups is 1. The number of benzene rings is 1. The summed E-state index contributed by atoms with van der Waals surface area (Å²) < 4.78 is 51.0. The van der Waals surface area contributed by atoms with Gasteiger partial charge in [-0.2, -0.15) is 18.2 Å². The molecule has 0 bridgehead atoms. The summed E-state index contributed by atoms with van der Waals surface area (Å²) in [7, 11) is 1.49. The van der Waals surface area contributed by atoms with Crippen molar-refractivity contribution in [3.63, 3.8) is 0 Å². The van der Waals surface area contributed by atoms with Crippen LogP contribution in [-0.4, -0.2) is 64.0 Å². The summed E-state index contributed by atoms with van der Waals surface area (Å²) in [5, 5.41) is 17.2. The molecule has 1 amide bonds. The maximum Gasteiger partial charge on any atom is 0.416 e. The summed E-state index contributed by atoms with van der Waals surface area (Å²) in [5.74, 6) is 0.584. The molecule has 1 aromatic carbocycles. The van der Waals surface area contributed by atoms with E-state index < -0.39 is 28.0 Å². The Kier molecular flexibility index (Phi) is 8.23. The molecule has 0 radical (unpaired) electrons. The molecule has 2 N–H and O–H groups in total. The van der Waals surface area contributed by atoms with Gasteiger partial charge < -0.3 is 25.0 Å². The summed E-state index contributed by atoms with van der Waals surface area (Å²) in [6.45, 7) is 1.29. The Morgan fingerprint density at radius 3 is 2.61 bits per heavy atom. The number of carbonyl (C=O) groups excluding carboxylic acids is 1. The van der Waals surface area contributed by atoms with Crippen molar-refractivity contribution >= 4 is 35.0 Å². The molecular formula is C23H26ClF3N6O5. The molecule has 2 aromatic rings. The Hall–Kier alpha value is -3.23. The first kappa shape index (κ1) is 27.8. The number of hydrogen-bond acceptors (Lipinski definition) is 9. The fraction of sp³-hybridized carbons (Fsp3) is 0.522. The molecule has 0 aliphatic carbocycles. The van der Waals surface area contributed by atoms with E-state index in [1.54, 1.807) is 4.90 Å². The van der Waals surface area contributed by atoms with E-state index >= 15 is 0 Å². The quantitative estimate of drug-likeness (QED) is 0.268. The molecule has 15 heteroatoms. The number of anilines is 2. The lowest BCUT2D eigenvalue weighted by molar-refractivity contribution is -0.385. The standard InChI is InChI=1S/C23H26ClF3N6O5/c1-37-22(2-6-38-7-3-22)20(34)32-12-17-18(13-32)30-21(28-5-4-24)31-19(17)29-11-14-8-15(23(25,26)27)10-16(9-14)33(35)36/h8-10H,2-7,11-13H2,1H3,(H2,28,29,30,31). The highest BCUT2D eigenvalue weighted by molar-refractivity contribution is 6.18. The van der Waals surface area contributed by atoms with Crippen LogP contribution in [0.2, 0.25) is 0 Å². The minimum atomic E-state index is -4.75. The number of nitrogens with one attached hydrogen (secondary N) is 2. The Balaban J connectivity index is 1.61. The van der Waals surface area contributed by atoms with E-state index in [1.807, 2.05) is 0 Å². The molecule has 0 spiro atoms. The van der Waals surface area contributed by atoms with E-state index in [-0.39, 0.29) is 42.9 Å². The lowest BCUT2D eigenvalue weighted by atomic mass is 9.92. The topological polar surface area (TPSA) is 132 Å². The predicted molar refractivity (Wildman–Crippen MR) is 131 cm³/mol. The van der Waals surface area contributed by atoms with Crippen molar-refractivity contribution in [1.29, 1.82) is 0 Å². The third-order valence-corrected chi connectivity index (χ3v) is 6.69. The van der Waals surface area contributed by atoms with E-state index in [1.165, 1.54) is 7.11 Å². The van der Waals surface area contributed by atoms with Gasteiger partial charge in [0.05, 0.1) is 29.3 Å². The van der Waals surface area contributed by atoms with Gasteiger partial charge in [-0.25, -0.2) is 4.98 Å². The molecule has 1 aromatic heterocycles. The van der Waals surface area contributed by atoms with Gasteiger partial charge in [0.1, 0.15) is 5.82 Å². The number of alkyl halides is 4. The lowest BCUT2D eigenvalue weighted by Gasteiger charge is -2.37. The molecule has 11 nitrogen and oxygen atoms in total. The second kappa shape index (κ2) is 11.3. The van der Waals surface area contributed by atoms with Gasteiger partial charge >= 0.3 is 6.18 Å². The monoisotopic (exact) mass is 558 g/mol. The van der Waals surface area contributed by atoms with E-state index in [0.29, 0.717) is 55.7 Å². The number of aromatic nitrogens is 2. The minimum absolute atomic E-state index is 0.0422. The maximum atomic E-state index is 13.5. The largest absolute Gasteiger partial charge is 0.416 e. The Morgan fingerprint density at radius 1 is 1.24 bits per heavy atom. The van der Waals surface area contributed by atoms with Crippen LogP contribution in [0, 0.1) is 10.1 Å². The summed E-state index contributed by atoms with van der Waals surface area (Å²) in [4.78, 5) is 34.3. The van der Waals surface area contributed by atoms with Crippen LogP contribution < -0.4 is 10.6 Å². The van der Waals surface area contributed by atoms with Gasteiger partial charge in [-0.15, -0.1) is 11.6 Å². The molecule has 206 valence electrons. The number of methoxy groups -OCH3 is 1. The highest BCUT2D eigenvalue weighted by Gasteiger charge is 2.45. The van der Waals surface area contributed by atoms with Crippen LogP contribution in [0.1, 0.15) is 35.2 Å². The van der Waals surface area contributed by atoms with Crippen LogP contribution in [0.5, 0.6) is 0 Å². The number of halogens is 4. The van der Waals surface area contributed by atoms with Gasteiger partial charge in [0, 0.05) is 69.8 Å². The fourth-order valence-corrected chi connectivity index (χ4v) is 4.60. The average molecular weight is 559 g/mol. The molecule has 0 unspecified atom stereocenters. The third kappa shape index (κ3) is 5.92. The third-order valence-electron chi connectivity index (χ3n) is 6.50. The second-order valence-electron chi connectivity index (χ2n) is 8.91. The number of nitrogens with zero attached hydrogens (tertiary/aromatic N) is 4. The molecular weight excluding hydrogens is 533 g/mol. The van der Waals surface area contributed by atoms with Crippen LogP contribution in [0.4, 0.5) is 30.6 Å². The lowest BCUT2D eigenvalue weighted by Crippen LogP contribution is -2.51. The first-order valence-electron chi connectivity index (χ1n) is 11.8. The van der Waals surface area contributed by atoms with E-state index in [4.69, 9.17) is 21.1 Å². The maximum absolute atomic E-state index is 13.5. The summed E-state index contributed by atoms with van der Waals surface area (Å²) >= 11 is 5.77. The average Bonchev–Trinajstić information content (AvgIpc) is 3.34. The Morgan fingerprint density at radius 2 is 1.97 bits per heavy atom. The number of amides is 1. The Labute approximate surface area is 220 Å². The fourth-order valence-electron chi connectivity index (χ4n) is 4.51. The van der Waals surface area contributed by atoms with Crippen LogP contribution >= 0.6 is 11.6 Å². The first-order valence-corrected chi connectivity index (χ1v) is 12.3. The highest BCUT2D eigenvalue weighted by atomic mass is 35.5. The number of rotatable bonds is 9. The Bertz CT molecular complexity index is 1210. The smallest absolute Gasteiger partial charge is 0.381 e. The van der Waals surface area contributed by atoms with Crippen molar-refractivity contribution in [2.45, 2.75) is 44.3 Å². The number of non-ortho nitro benzene ring substituents is 1. The van der Waals surface area contributed by atoms with Crippen molar-refractivity contribution in [1.82, 2.24) is 14.9 Å². The SMILES string of the molecule is COC1(C(=O)N2Cc3nc(NCCCl)nc(NCc4cc([N+](=O)[O-])cc(C(F)(F)F)c4)c3C2)CCOCC1. The van der Waals surface area contributed by atoms with Gasteiger partial charge in [0.25, 0.3) is 11.6 Å². The zero-order valence-corrected chi connectivity index (χ0v) is 21.2. The van der Waals surface area contributed by atoms with Crippen LogP contribution in [0.25, 0.3) is 0 Å². The molecule has 0 saturated carbocycles. The number of hydrogen-bond donors (Lipinski definition) is 2. The number of nitro benzene ring substituents is 1. The van der Waals surface area contributed by atoms with Crippen molar-refractivity contribution in [2.24, 2.45) is 0 Å². The highest BCUT2D eigenvalue weighted by Crippen LogP contribution is 2.35. The van der Waals surface area contributed by atoms with Gasteiger partial charge in [0.2, 0.25) is 5.95 Å². The number of fused-ring (bicyclic) bond motifs is 1. The predicted octanol–water partition coefficient (Wildman–Crippen LogP) is 3.70. The van der Waals surface area contributed by atoms with Crippen molar-refractivity contribution in [3.05, 3.63) is 50.7 Å². The van der Waals surface area contributed by atoms with Crippen molar-refractivity contribution in [2.75, 3.05) is 43.4 Å². The zero-order valence-electron chi connectivity index (χ0n) is 20.4. The van der Waals surface area contributed by atoms with Crippen molar-refractivity contribution in [3.8, 4) is 0 Å². The van der Waals surface area contributed by atoms with E-state index in [9.17, 15) is 28.1 Å². The van der Waals surface area contributed by atoms with Crippen LogP contribution in [0.3, 0.4) is 0 Å². The molecule has 2 aliphatic rings. The molecule has 3 heterocycles. The zero-order chi connectivity index (χ0) is 27.5. The van der Waals surface area contributed by atoms with Gasteiger partial charge in [-0.05, 0) is 11.6 Å². The summed E-state index contributed by atoms with van der Waals surface area (Å²) in [6.07, 6.45) is -3.94. The molecule has 1 fully saturated rings. The van der Waals surface area contributed by atoms with Gasteiger partial charge in [-0.1, -0.05) is 0 Å². The molecule has 4 rings (SSSR count). The minimum Gasteiger partial charge on any atom is -0.381 e. The first-order chi connectivity index (χ1) is 18.1. The van der Waals surface area contributed by atoms with Gasteiger partial charge in [0.15, 0.2) is 5.60 Å². The van der Waals surface area contributed by atoms with E-state index in [2.05, 4.69) is 20.6 Å². The second-order valence-corrected chi connectivity index (χ2v) is 9.28. The van der Waals surface area contributed by atoms with Gasteiger partial charge in [-0.3, -0.25) is 14.9 Å². The van der Waals surface area contributed by atoms with E-state index in [0.717, 1.165) is 12.1 Å².